The van der Waals surface area contributed by atoms with Crippen molar-refractivity contribution in [3.05, 3.63) is 29.6 Å². The highest BCUT2D eigenvalue weighted by Crippen LogP contribution is 2.07. The standard InChI is InChI=1S/C17H29N3O/c1-15(2)11-18-12-16-5-6-17(19-13-16)14-21-10-9-20-7-3-4-8-20/h5-6,13,15,18H,3-4,7-12,14H2,1-2H3. The fourth-order valence-electron chi connectivity index (χ4n) is 2.53. The zero-order valence-electron chi connectivity index (χ0n) is 13.5. The Labute approximate surface area is 128 Å². The van der Waals surface area contributed by atoms with Crippen molar-refractivity contribution in [2.45, 2.75) is 39.8 Å². The van der Waals surface area contributed by atoms with Crippen molar-refractivity contribution in [3.8, 4) is 0 Å². The molecule has 0 spiro atoms. The van der Waals surface area contributed by atoms with E-state index in [2.05, 4.69) is 41.2 Å². The molecule has 0 aromatic carbocycles. The Morgan fingerprint density at radius 3 is 2.76 bits per heavy atom. The van der Waals surface area contributed by atoms with E-state index in [1.807, 2.05) is 6.20 Å². The largest absolute Gasteiger partial charge is 0.374 e. The van der Waals surface area contributed by atoms with E-state index in [0.717, 1.165) is 31.9 Å². The number of nitrogens with zero attached hydrogens (tertiary/aromatic N) is 2. The number of ether oxygens (including phenoxy) is 1. The summed E-state index contributed by atoms with van der Waals surface area (Å²) in [5.74, 6) is 0.682. The topological polar surface area (TPSA) is 37.4 Å². The molecule has 0 unspecified atom stereocenters. The Morgan fingerprint density at radius 1 is 1.29 bits per heavy atom. The smallest absolute Gasteiger partial charge is 0.0888 e. The van der Waals surface area contributed by atoms with Crippen LogP contribution >= 0.6 is 0 Å². The minimum Gasteiger partial charge on any atom is -0.374 e. The highest BCUT2D eigenvalue weighted by molar-refractivity contribution is 5.13. The van der Waals surface area contributed by atoms with Crippen molar-refractivity contribution in [3.63, 3.8) is 0 Å². The van der Waals surface area contributed by atoms with Gasteiger partial charge in [0.2, 0.25) is 0 Å². The average Bonchev–Trinajstić information content (AvgIpc) is 2.98. The van der Waals surface area contributed by atoms with Gasteiger partial charge < -0.3 is 15.0 Å². The highest BCUT2D eigenvalue weighted by Gasteiger charge is 2.10. The van der Waals surface area contributed by atoms with Gasteiger partial charge in [-0.2, -0.15) is 0 Å². The summed E-state index contributed by atoms with van der Waals surface area (Å²) in [6.45, 7) is 11.3. The Hall–Kier alpha value is -0.970. The van der Waals surface area contributed by atoms with E-state index >= 15 is 0 Å². The molecule has 1 N–H and O–H groups in total. The van der Waals surface area contributed by atoms with Crippen molar-refractivity contribution in [2.75, 3.05) is 32.8 Å². The lowest BCUT2D eigenvalue weighted by Gasteiger charge is -2.14. The minimum atomic E-state index is 0.619. The molecule has 0 radical (unpaired) electrons. The van der Waals surface area contributed by atoms with Crippen LogP contribution in [0.25, 0.3) is 0 Å². The summed E-state index contributed by atoms with van der Waals surface area (Å²) < 4.78 is 5.71. The molecule has 0 aliphatic carbocycles. The number of likely N-dealkylation sites (tertiary alicyclic amines) is 1. The van der Waals surface area contributed by atoms with E-state index in [1.165, 1.54) is 31.5 Å². The molecule has 1 fully saturated rings. The van der Waals surface area contributed by atoms with Gasteiger partial charge in [-0.25, -0.2) is 0 Å². The van der Waals surface area contributed by atoms with Crippen LogP contribution in [0, 0.1) is 5.92 Å². The van der Waals surface area contributed by atoms with Gasteiger partial charge in [-0.3, -0.25) is 4.98 Å². The highest BCUT2D eigenvalue weighted by atomic mass is 16.5. The molecule has 21 heavy (non-hydrogen) atoms. The molecule has 4 heteroatoms. The van der Waals surface area contributed by atoms with Crippen LogP contribution in [0.5, 0.6) is 0 Å². The van der Waals surface area contributed by atoms with Gasteiger partial charge in [0.1, 0.15) is 0 Å². The van der Waals surface area contributed by atoms with Crippen LogP contribution in [0.2, 0.25) is 0 Å². The van der Waals surface area contributed by atoms with Gasteiger partial charge in [0.05, 0.1) is 18.9 Å². The van der Waals surface area contributed by atoms with Gasteiger partial charge in [-0.1, -0.05) is 19.9 Å². The molecule has 4 nitrogen and oxygen atoms in total. The molecule has 1 aliphatic rings. The van der Waals surface area contributed by atoms with E-state index < -0.39 is 0 Å². The number of aromatic nitrogens is 1. The van der Waals surface area contributed by atoms with E-state index in [9.17, 15) is 0 Å². The Balaban J connectivity index is 1.60. The first-order valence-corrected chi connectivity index (χ1v) is 8.18. The fraction of sp³-hybridized carbons (Fsp3) is 0.706. The van der Waals surface area contributed by atoms with Crippen LogP contribution < -0.4 is 5.32 Å². The van der Waals surface area contributed by atoms with E-state index in [0.29, 0.717) is 12.5 Å². The van der Waals surface area contributed by atoms with Crippen molar-refractivity contribution >= 4 is 0 Å². The maximum atomic E-state index is 5.71. The molecular weight excluding hydrogens is 262 g/mol. The maximum Gasteiger partial charge on any atom is 0.0888 e. The average molecular weight is 291 g/mol. The van der Waals surface area contributed by atoms with Crippen molar-refractivity contribution in [1.29, 1.82) is 0 Å². The predicted octanol–water partition coefficient (Wildman–Crippen LogP) is 2.44. The monoisotopic (exact) mass is 291 g/mol. The molecule has 2 heterocycles. The lowest BCUT2D eigenvalue weighted by Crippen LogP contribution is -2.24. The zero-order valence-corrected chi connectivity index (χ0v) is 13.5. The Bertz CT molecular complexity index is 386. The quantitative estimate of drug-likeness (QED) is 0.709. The summed E-state index contributed by atoms with van der Waals surface area (Å²) in [5, 5.41) is 3.43. The van der Waals surface area contributed by atoms with Gasteiger partial charge in [0, 0.05) is 19.3 Å². The SMILES string of the molecule is CC(C)CNCc1ccc(COCCN2CCCC2)nc1. The third-order valence-electron chi connectivity index (χ3n) is 3.77. The van der Waals surface area contributed by atoms with Crippen LogP contribution in [0.4, 0.5) is 0 Å². The number of pyridine rings is 1. The summed E-state index contributed by atoms with van der Waals surface area (Å²) >= 11 is 0. The van der Waals surface area contributed by atoms with Crippen LogP contribution in [-0.4, -0.2) is 42.7 Å². The van der Waals surface area contributed by atoms with Gasteiger partial charge in [0.15, 0.2) is 0 Å². The van der Waals surface area contributed by atoms with E-state index in [1.54, 1.807) is 0 Å². The molecule has 1 aromatic rings. The molecule has 0 saturated carbocycles. The van der Waals surface area contributed by atoms with Gasteiger partial charge in [-0.15, -0.1) is 0 Å². The molecule has 1 aliphatic heterocycles. The molecule has 1 saturated heterocycles. The zero-order chi connectivity index (χ0) is 14.9. The van der Waals surface area contributed by atoms with Gasteiger partial charge in [-0.05, 0) is 50.0 Å². The summed E-state index contributed by atoms with van der Waals surface area (Å²) in [4.78, 5) is 6.94. The first kappa shape index (κ1) is 16.4. The summed E-state index contributed by atoms with van der Waals surface area (Å²) in [6, 6.07) is 4.21. The molecule has 0 atom stereocenters. The molecule has 0 bridgehead atoms. The first-order chi connectivity index (χ1) is 10.2. The number of nitrogens with one attached hydrogen (secondary N) is 1. The molecule has 2 rings (SSSR count). The van der Waals surface area contributed by atoms with Crippen LogP contribution in [0.1, 0.15) is 37.9 Å². The van der Waals surface area contributed by atoms with Crippen LogP contribution in [0.15, 0.2) is 18.3 Å². The van der Waals surface area contributed by atoms with E-state index in [-0.39, 0.29) is 0 Å². The first-order valence-electron chi connectivity index (χ1n) is 8.18. The summed E-state index contributed by atoms with van der Waals surface area (Å²) in [5.41, 5.74) is 2.25. The van der Waals surface area contributed by atoms with Crippen molar-refractivity contribution in [1.82, 2.24) is 15.2 Å². The van der Waals surface area contributed by atoms with Gasteiger partial charge >= 0.3 is 0 Å². The fourth-order valence-corrected chi connectivity index (χ4v) is 2.53. The lowest BCUT2D eigenvalue weighted by molar-refractivity contribution is 0.0971. The third kappa shape index (κ3) is 6.55. The minimum absolute atomic E-state index is 0.619. The van der Waals surface area contributed by atoms with Crippen molar-refractivity contribution in [2.24, 2.45) is 5.92 Å². The third-order valence-corrected chi connectivity index (χ3v) is 3.77. The molecule has 0 amide bonds. The predicted molar refractivity (Wildman–Crippen MR) is 86.1 cm³/mol. The van der Waals surface area contributed by atoms with Crippen LogP contribution in [-0.2, 0) is 17.9 Å². The maximum absolute atomic E-state index is 5.71. The van der Waals surface area contributed by atoms with E-state index in [4.69, 9.17) is 4.74 Å². The second-order valence-electron chi connectivity index (χ2n) is 6.28. The normalized spacial score (nSPS) is 16.0. The Kier molecular flexibility index (Phi) is 7.13. The summed E-state index contributed by atoms with van der Waals surface area (Å²) in [7, 11) is 0. The van der Waals surface area contributed by atoms with Gasteiger partial charge in [0.25, 0.3) is 0 Å². The Morgan fingerprint density at radius 2 is 2.10 bits per heavy atom. The molecule has 1 aromatic heterocycles. The number of hydrogen-bond acceptors (Lipinski definition) is 4. The van der Waals surface area contributed by atoms with Crippen molar-refractivity contribution < 1.29 is 4.74 Å². The second kappa shape index (κ2) is 9.13. The number of hydrogen-bond donors (Lipinski definition) is 1. The second-order valence-corrected chi connectivity index (χ2v) is 6.28. The number of rotatable bonds is 9. The molecule has 118 valence electrons. The lowest BCUT2D eigenvalue weighted by atomic mass is 10.2. The molecular formula is C17H29N3O. The van der Waals surface area contributed by atoms with Crippen LogP contribution in [0.3, 0.4) is 0 Å². The summed E-state index contributed by atoms with van der Waals surface area (Å²) in [6.07, 6.45) is 4.63.